The Morgan fingerprint density at radius 2 is 1.76 bits per heavy atom. The van der Waals surface area contributed by atoms with Crippen molar-refractivity contribution in [3.05, 3.63) is 89.1 Å². The van der Waals surface area contributed by atoms with Crippen molar-refractivity contribution in [3.63, 3.8) is 0 Å². The summed E-state index contributed by atoms with van der Waals surface area (Å²) in [5.41, 5.74) is 3.28. The van der Waals surface area contributed by atoms with E-state index in [4.69, 9.17) is 9.52 Å². The second-order valence-electron chi connectivity index (χ2n) is 7.70. The Kier molecular flexibility index (Phi) is 4.76. The number of rotatable bonds is 3. The number of carbonyl (C=O) groups excluding carboxylic acids is 2. The van der Waals surface area contributed by atoms with E-state index in [-0.39, 0.29) is 11.1 Å². The lowest BCUT2D eigenvalue weighted by Gasteiger charge is -2.23. The van der Waals surface area contributed by atoms with Crippen LogP contribution in [-0.2, 0) is 9.59 Å². The Bertz CT molecular complexity index is 1500. The maximum atomic E-state index is 12.9. The largest absolute Gasteiger partial charge is 0.454 e. The van der Waals surface area contributed by atoms with Gasteiger partial charge in [-0.15, -0.1) is 0 Å². The van der Waals surface area contributed by atoms with Gasteiger partial charge in [-0.25, -0.2) is 4.68 Å². The van der Waals surface area contributed by atoms with Gasteiger partial charge in [0.15, 0.2) is 5.76 Å². The fourth-order valence-electron chi connectivity index (χ4n) is 3.85. The standard InChI is InChI=1S/C26H18N4O3/c1-16-20(25(31)29(2)26(32)21(16)14-27)12-18-15-30(19-9-4-3-5-10-19)28-24(18)23-13-17-8-6-7-11-22(17)33-23/h3-13,15H,1-2H3. The molecule has 33 heavy (non-hydrogen) atoms. The number of amides is 2. The third-order valence-corrected chi connectivity index (χ3v) is 5.67. The third kappa shape index (κ3) is 3.34. The van der Waals surface area contributed by atoms with Crippen molar-refractivity contribution in [1.82, 2.24) is 14.7 Å². The van der Waals surface area contributed by atoms with Gasteiger partial charge in [-0.05, 0) is 42.8 Å². The molecular weight excluding hydrogens is 416 g/mol. The summed E-state index contributed by atoms with van der Waals surface area (Å²) in [6, 6.07) is 21.1. The molecule has 0 saturated heterocycles. The molecule has 1 aliphatic rings. The molecule has 7 nitrogen and oxygen atoms in total. The summed E-state index contributed by atoms with van der Waals surface area (Å²) in [6.45, 7) is 1.61. The Morgan fingerprint density at radius 1 is 1.03 bits per heavy atom. The van der Waals surface area contributed by atoms with Crippen molar-refractivity contribution in [2.75, 3.05) is 7.05 Å². The third-order valence-electron chi connectivity index (χ3n) is 5.67. The van der Waals surface area contributed by atoms with Gasteiger partial charge in [0.05, 0.1) is 5.69 Å². The minimum Gasteiger partial charge on any atom is -0.454 e. The second-order valence-corrected chi connectivity index (χ2v) is 7.70. The number of likely N-dealkylation sites (N-methyl/N-ethyl adjacent to an activating group) is 1. The number of imide groups is 1. The number of nitriles is 1. The van der Waals surface area contributed by atoms with Gasteiger partial charge in [0.25, 0.3) is 11.8 Å². The van der Waals surface area contributed by atoms with E-state index in [2.05, 4.69) is 0 Å². The first-order chi connectivity index (χ1) is 16.0. The lowest BCUT2D eigenvalue weighted by atomic mass is 9.94. The number of hydrogen-bond acceptors (Lipinski definition) is 5. The molecule has 5 rings (SSSR count). The number of fused-ring (bicyclic) bond motifs is 1. The summed E-state index contributed by atoms with van der Waals surface area (Å²) in [5.74, 6) is -0.526. The highest BCUT2D eigenvalue weighted by Gasteiger charge is 2.33. The lowest BCUT2D eigenvalue weighted by molar-refractivity contribution is -0.138. The topological polar surface area (TPSA) is 92.1 Å². The minimum atomic E-state index is -0.602. The van der Waals surface area contributed by atoms with Crippen LogP contribution in [0, 0.1) is 11.3 Å². The van der Waals surface area contributed by atoms with Crippen LogP contribution in [0.15, 0.2) is 88.0 Å². The summed E-state index contributed by atoms with van der Waals surface area (Å²) in [4.78, 5) is 26.2. The number of nitrogens with zero attached hydrogens (tertiary/aromatic N) is 4. The molecule has 1 aliphatic heterocycles. The molecule has 3 heterocycles. The van der Waals surface area contributed by atoms with Crippen LogP contribution in [-0.4, -0.2) is 33.5 Å². The van der Waals surface area contributed by atoms with Crippen LogP contribution in [0.3, 0.4) is 0 Å². The fourth-order valence-corrected chi connectivity index (χ4v) is 3.85. The highest BCUT2D eigenvalue weighted by atomic mass is 16.3. The van der Waals surface area contributed by atoms with Crippen LogP contribution in [0.2, 0.25) is 0 Å². The summed E-state index contributed by atoms with van der Waals surface area (Å²) < 4.78 is 7.76. The van der Waals surface area contributed by atoms with Crippen LogP contribution in [0.5, 0.6) is 0 Å². The van der Waals surface area contributed by atoms with E-state index in [9.17, 15) is 14.9 Å². The summed E-state index contributed by atoms with van der Waals surface area (Å²) in [6.07, 6.45) is 3.46. The Balaban J connectivity index is 1.73. The number of aromatic nitrogens is 2. The normalized spacial score (nSPS) is 15.5. The minimum absolute atomic E-state index is 0.0518. The van der Waals surface area contributed by atoms with Gasteiger partial charge in [-0.1, -0.05) is 36.4 Å². The molecule has 7 heteroatoms. The molecule has 0 N–H and O–H groups in total. The molecule has 0 unspecified atom stereocenters. The molecule has 2 amide bonds. The molecule has 2 aromatic carbocycles. The molecule has 0 spiro atoms. The first kappa shape index (κ1) is 20.2. The van der Waals surface area contributed by atoms with Crippen LogP contribution in [0.1, 0.15) is 12.5 Å². The van der Waals surface area contributed by atoms with E-state index < -0.39 is 11.8 Å². The zero-order valence-corrected chi connectivity index (χ0v) is 17.9. The van der Waals surface area contributed by atoms with Crippen molar-refractivity contribution in [2.24, 2.45) is 0 Å². The van der Waals surface area contributed by atoms with Gasteiger partial charge in [0, 0.05) is 29.8 Å². The maximum absolute atomic E-state index is 12.9. The predicted octanol–water partition coefficient (Wildman–Crippen LogP) is 4.51. The van der Waals surface area contributed by atoms with Crippen molar-refractivity contribution in [1.29, 1.82) is 5.26 Å². The van der Waals surface area contributed by atoms with E-state index in [1.54, 1.807) is 23.9 Å². The van der Waals surface area contributed by atoms with Crippen LogP contribution in [0.25, 0.3) is 34.2 Å². The van der Waals surface area contributed by atoms with Crippen molar-refractivity contribution < 1.29 is 14.0 Å². The monoisotopic (exact) mass is 434 g/mol. The Labute approximate surface area is 189 Å². The number of benzene rings is 2. The number of hydrogen-bond donors (Lipinski definition) is 0. The van der Waals surface area contributed by atoms with E-state index >= 15 is 0 Å². The van der Waals surface area contributed by atoms with E-state index in [1.165, 1.54) is 7.05 Å². The number of para-hydroxylation sites is 2. The summed E-state index contributed by atoms with van der Waals surface area (Å²) in [7, 11) is 1.37. The zero-order chi connectivity index (χ0) is 23.1. The van der Waals surface area contributed by atoms with Crippen LogP contribution >= 0.6 is 0 Å². The highest BCUT2D eigenvalue weighted by Crippen LogP contribution is 2.33. The second kappa shape index (κ2) is 7.77. The molecule has 4 aromatic rings. The number of furan rings is 1. The molecule has 0 fully saturated rings. The quantitative estimate of drug-likeness (QED) is 0.349. The van der Waals surface area contributed by atoms with E-state index in [0.717, 1.165) is 21.6 Å². The molecule has 0 bridgehead atoms. The molecular formula is C26H18N4O3. The van der Waals surface area contributed by atoms with Gasteiger partial charge in [0.1, 0.15) is 22.9 Å². The molecule has 0 saturated carbocycles. The molecule has 0 atom stereocenters. The van der Waals surface area contributed by atoms with Crippen molar-refractivity contribution in [3.8, 4) is 23.2 Å². The Morgan fingerprint density at radius 3 is 2.48 bits per heavy atom. The maximum Gasteiger partial charge on any atom is 0.271 e. The smallest absolute Gasteiger partial charge is 0.271 e. The van der Waals surface area contributed by atoms with Crippen molar-refractivity contribution in [2.45, 2.75) is 6.92 Å². The van der Waals surface area contributed by atoms with Gasteiger partial charge in [-0.3, -0.25) is 14.5 Å². The predicted molar refractivity (Wildman–Crippen MR) is 123 cm³/mol. The average Bonchev–Trinajstić information content (AvgIpc) is 3.45. The molecule has 160 valence electrons. The lowest BCUT2D eigenvalue weighted by Crippen LogP contribution is -2.39. The van der Waals surface area contributed by atoms with Crippen LogP contribution < -0.4 is 0 Å². The molecule has 0 radical (unpaired) electrons. The molecule has 0 aliphatic carbocycles. The molecule has 2 aromatic heterocycles. The first-order valence-electron chi connectivity index (χ1n) is 10.3. The summed E-state index contributed by atoms with van der Waals surface area (Å²) >= 11 is 0. The summed E-state index contributed by atoms with van der Waals surface area (Å²) in [5, 5.41) is 15.1. The van der Waals surface area contributed by atoms with Gasteiger partial charge >= 0.3 is 0 Å². The van der Waals surface area contributed by atoms with Crippen LogP contribution in [0.4, 0.5) is 0 Å². The average molecular weight is 434 g/mol. The Hall–Kier alpha value is -4.70. The first-order valence-corrected chi connectivity index (χ1v) is 10.3. The van der Waals surface area contributed by atoms with E-state index in [0.29, 0.717) is 22.6 Å². The van der Waals surface area contributed by atoms with Gasteiger partial charge in [-0.2, -0.15) is 10.4 Å². The van der Waals surface area contributed by atoms with Gasteiger partial charge in [0.2, 0.25) is 0 Å². The fraction of sp³-hybridized carbons (Fsp3) is 0.0769. The van der Waals surface area contributed by atoms with E-state index in [1.807, 2.05) is 66.7 Å². The number of carbonyl (C=O) groups is 2. The van der Waals surface area contributed by atoms with Crippen molar-refractivity contribution >= 4 is 28.9 Å². The zero-order valence-electron chi connectivity index (χ0n) is 17.9. The van der Waals surface area contributed by atoms with Gasteiger partial charge < -0.3 is 4.42 Å². The SMILES string of the molecule is CC1=C(C#N)C(=O)N(C)C(=O)C1=Cc1cn(-c2ccccc2)nc1-c1cc2ccccc2o1. The highest BCUT2D eigenvalue weighted by molar-refractivity contribution is 6.19.